The van der Waals surface area contributed by atoms with E-state index in [4.69, 9.17) is 4.74 Å². The maximum Gasteiger partial charge on any atom is 0.138 e. The maximum atomic E-state index is 5.90. The molecule has 2 atom stereocenters. The minimum Gasteiger partial charge on any atom is -0.364 e. The van der Waals surface area contributed by atoms with Gasteiger partial charge in [0, 0.05) is 7.11 Å². The van der Waals surface area contributed by atoms with E-state index in [9.17, 15) is 0 Å². The fourth-order valence-corrected chi connectivity index (χ4v) is 12.1. The smallest absolute Gasteiger partial charge is 0.138 e. The molecule has 2 aliphatic heterocycles. The van der Waals surface area contributed by atoms with E-state index in [1.54, 1.807) is 0 Å². The highest BCUT2D eigenvalue weighted by atomic mass is 32.1. The fraction of sp³-hybridized carbons (Fsp3) is 0.333. The van der Waals surface area contributed by atoms with E-state index in [0.29, 0.717) is 0 Å². The lowest BCUT2D eigenvalue weighted by Gasteiger charge is -2.15. The van der Waals surface area contributed by atoms with Crippen molar-refractivity contribution in [2.45, 2.75) is 5.08 Å². The Kier molecular flexibility index (Phi) is 2.44. The van der Waals surface area contributed by atoms with Gasteiger partial charge < -0.3 is 4.74 Å². The first-order valence-electron chi connectivity index (χ1n) is 5.20. The topological polar surface area (TPSA) is 9.23 Å². The maximum absolute atomic E-state index is 5.90. The number of allylic oxidation sites excluding steroid dienone is 2. The molecule has 0 radical (unpaired) electrons. The number of hydrogen-bond donors (Lipinski definition) is 0. The number of hydrogen-bond acceptors (Lipinski definition) is 1. The number of ether oxygens (including phenoxy) is 1. The summed E-state index contributed by atoms with van der Waals surface area (Å²) in [7, 11) is 2.10. The van der Waals surface area contributed by atoms with Crippen LogP contribution in [0, 0.1) is 0 Å². The van der Waals surface area contributed by atoms with Gasteiger partial charge in [-0.05, 0) is 33.1 Å². The quantitative estimate of drug-likeness (QED) is 0.558. The summed E-state index contributed by atoms with van der Waals surface area (Å²) >= 11 is 0. The standard InChI is InChI=1S/C12H14OP2/c1-13-12(11-7-3-2-4-8-11)14-9-5-6-10-15(12)14/h2-8H,9-10H2,1H3. The molecule has 2 heterocycles. The third kappa shape index (κ3) is 1.34. The number of fused-ring (bicyclic) bond motifs is 1. The van der Waals surface area contributed by atoms with Gasteiger partial charge in [-0.1, -0.05) is 42.5 Å². The van der Waals surface area contributed by atoms with Gasteiger partial charge in [0.05, 0.1) is 0 Å². The van der Waals surface area contributed by atoms with Crippen molar-refractivity contribution in [2.24, 2.45) is 0 Å². The first kappa shape index (κ1) is 9.97. The second kappa shape index (κ2) is 3.67. The average molecular weight is 236 g/mol. The summed E-state index contributed by atoms with van der Waals surface area (Å²) in [4.78, 5) is 0. The van der Waals surface area contributed by atoms with Crippen molar-refractivity contribution in [2.75, 3.05) is 19.4 Å². The molecule has 3 heteroatoms. The van der Waals surface area contributed by atoms with Crippen molar-refractivity contribution >= 4 is 15.2 Å². The zero-order chi connectivity index (χ0) is 10.3. The number of benzene rings is 1. The van der Waals surface area contributed by atoms with Crippen LogP contribution in [-0.4, -0.2) is 19.4 Å². The minimum atomic E-state index is 0.107. The van der Waals surface area contributed by atoms with Crippen LogP contribution in [0.5, 0.6) is 0 Å². The Hall–Kier alpha value is -0.220. The van der Waals surface area contributed by atoms with Gasteiger partial charge in [0.15, 0.2) is 0 Å². The molecule has 3 rings (SSSR count). The molecule has 0 amide bonds. The summed E-state index contributed by atoms with van der Waals surface area (Å²) in [6.07, 6.45) is 7.22. The Morgan fingerprint density at radius 2 is 1.67 bits per heavy atom. The molecular weight excluding hydrogens is 222 g/mol. The number of rotatable bonds is 2. The Labute approximate surface area is 92.9 Å². The Morgan fingerprint density at radius 3 is 2.20 bits per heavy atom. The van der Waals surface area contributed by atoms with E-state index in [2.05, 4.69) is 42.5 Å². The first-order valence-corrected chi connectivity index (χ1v) is 8.96. The molecule has 0 N–H and O–H groups in total. The van der Waals surface area contributed by atoms with Crippen molar-refractivity contribution in [1.29, 1.82) is 0 Å². The Morgan fingerprint density at radius 1 is 1.07 bits per heavy atom. The molecule has 1 aromatic carbocycles. The minimum absolute atomic E-state index is 0.107. The molecule has 2 aliphatic rings. The van der Waals surface area contributed by atoms with Crippen LogP contribution in [0.2, 0.25) is 0 Å². The van der Waals surface area contributed by atoms with Crippen molar-refractivity contribution in [3.05, 3.63) is 48.0 Å². The number of methoxy groups -OCH3 is 1. The Bertz CT molecular complexity index is 374. The molecule has 78 valence electrons. The second-order valence-electron chi connectivity index (χ2n) is 3.81. The molecule has 0 saturated carbocycles. The lowest BCUT2D eigenvalue weighted by atomic mass is 10.2. The molecule has 1 saturated heterocycles. The summed E-state index contributed by atoms with van der Waals surface area (Å²) in [5.74, 6) is 0. The lowest BCUT2D eigenvalue weighted by molar-refractivity contribution is 0.149. The van der Waals surface area contributed by atoms with Crippen LogP contribution >= 0.6 is 15.2 Å². The van der Waals surface area contributed by atoms with E-state index >= 15 is 0 Å². The van der Waals surface area contributed by atoms with E-state index < -0.39 is 0 Å². The second-order valence-corrected chi connectivity index (χ2v) is 10.7. The molecule has 0 aliphatic carbocycles. The van der Waals surface area contributed by atoms with Gasteiger partial charge in [-0.25, -0.2) is 0 Å². The van der Waals surface area contributed by atoms with Gasteiger partial charge >= 0.3 is 0 Å². The predicted molar refractivity (Wildman–Crippen MR) is 67.8 cm³/mol. The van der Waals surface area contributed by atoms with E-state index in [1.165, 1.54) is 17.9 Å². The summed E-state index contributed by atoms with van der Waals surface area (Å²) in [6, 6.07) is 10.8. The van der Waals surface area contributed by atoms with Crippen molar-refractivity contribution in [3.63, 3.8) is 0 Å². The molecule has 0 bridgehead atoms. The normalized spacial score (nSPS) is 37.4. The van der Waals surface area contributed by atoms with E-state index in [-0.39, 0.29) is 20.3 Å². The van der Waals surface area contributed by atoms with Crippen LogP contribution in [0.3, 0.4) is 0 Å². The van der Waals surface area contributed by atoms with Crippen LogP contribution < -0.4 is 0 Å². The van der Waals surface area contributed by atoms with Crippen molar-refractivity contribution in [1.82, 2.24) is 0 Å². The van der Waals surface area contributed by atoms with Crippen LogP contribution in [0.15, 0.2) is 42.5 Å². The van der Waals surface area contributed by atoms with Gasteiger partial charge in [0.25, 0.3) is 0 Å². The first-order chi connectivity index (χ1) is 7.39. The molecule has 1 nitrogen and oxygen atoms in total. The molecular formula is C12H14OP2. The van der Waals surface area contributed by atoms with Crippen LogP contribution in [0.4, 0.5) is 0 Å². The van der Waals surface area contributed by atoms with Crippen LogP contribution in [-0.2, 0) is 9.82 Å². The van der Waals surface area contributed by atoms with Gasteiger partial charge in [-0.15, -0.1) is 0 Å². The van der Waals surface area contributed by atoms with E-state index in [0.717, 1.165) is 0 Å². The molecule has 1 aromatic rings. The highest BCUT2D eigenvalue weighted by Crippen LogP contribution is 3.06. The SMILES string of the molecule is COC1(c2ccccc2)P2CC=CCP21. The van der Waals surface area contributed by atoms with Crippen LogP contribution in [0.25, 0.3) is 0 Å². The third-order valence-electron chi connectivity index (χ3n) is 3.11. The molecule has 2 unspecified atom stereocenters. The van der Waals surface area contributed by atoms with Gasteiger partial charge in [0.1, 0.15) is 5.08 Å². The van der Waals surface area contributed by atoms with Gasteiger partial charge in [-0.2, -0.15) is 0 Å². The monoisotopic (exact) mass is 236 g/mol. The lowest BCUT2D eigenvalue weighted by Crippen LogP contribution is -2.07. The molecule has 15 heavy (non-hydrogen) atoms. The predicted octanol–water partition coefficient (Wildman–Crippen LogP) is 3.91. The highest BCUT2D eigenvalue weighted by Gasteiger charge is 2.65. The molecule has 1 fully saturated rings. The molecule has 0 aromatic heterocycles. The van der Waals surface area contributed by atoms with E-state index in [1.807, 2.05) is 7.11 Å². The Balaban J connectivity index is 1.97. The van der Waals surface area contributed by atoms with Gasteiger partial charge in [-0.3, -0.25) is 0 Å². The summed E-state index contributed by atoms with van der Waals surface area (Å²) in [6.45, 7) is 0. The fourth-order valence-electron chi connectivity index (χ4n) is 2.36. The summed E-state index contributed by atoms with van der Waals surface area (Å²) in [5, 5.41) is 0.148. The molecule has 0 spiro atoms. The van der Waals surface area contributed by atoms with Crippen molar-refractivity contribution < 1.29 is 4.74 Å². The largest absolute Gasteiger partial charge is 0.364 e. The zero-order valence-corrected chi connectivity index (χ0v) is 10.5. The van der Waals surface area contributed by atoms with Gasteiger partial charge in [0.2, 0.25) is 0 Å². The summed E-state index contributed by atoms with van der Waals surface area (Å²) < 4.78 is 5.90. The summed E-state index contributed by atoms with van der Waals surface area (Å²) in [5.41, 5.74) is 1.41. The third-order valence-corrected chi connectivity index (χ3v) is 12.0. The zero-order valence-electron chi connectivity index (χ0n) is 8.76. The van der Waals surface area contributed by atoms with Crippen LogP contribution in [0.1, 0.15) is 5.56 Å². The average Bonchev–Trinajstić information content (AvgIpc) is 3.00. The highest BCUT2D eigenvalue weighted by molar-refractivity contribution is 8.47. The van der Waals surface area contributed by atoms with Crippen molar-refractivity contribution in [3.8, 4) is 0 Å².